The Kier molecular flexibility index (Phi) is 3.12. The number of hydrogen-bond acceptors (Lipinski definition) is 2. The lowest BCUT2D eigenvalue weighted by Crippen LogP contribution is -2.26. The molecule has 3 nitrogen and oxygen atoms in total. The van der Waals surface area contributed by atoms with E-state index in [-0.39, 0.29) is 11.7 Å². The molecule has 3 heteroatoms. The van der Waals surface area contributed by atoms with Crippen LogP contribution in [0.1, 0.15) is 22.8 Å². The van der Waals surface area contributed by atoms with Gasteiger partial charge in [0.1, 0.15) is 5.75 Å². The van der Waals surface area contributed by atoms with Crippen molar-refractivity contribution in [2.75, 3.05) is 13.6 Å². The van der Waals surface area contributed by atoms with Crippen LogP contribution in [0.25, 0.3) is 0 Å². The van der Waals surface area contributed by atoms with E-state index in [0.717, 1.165) is 5.56 Å². The normalized spacial score (nSPS) is 9.93. The summed E-state index contributed by atoms with van der Waals surface area (Å²) in [6.45, 7) is 4.38. The average molecular weight is 193 g/mol. The van der Waals surface area contributed by atoms with Crippen LogP contribution in [-0.2, 0) is 0 Å². The highest BCUT2D eigenvalue weighted by molar-refractivity contribution is 5.94. The topological polar surface area (TPSA) is 40.5 Å². The Morgan fingerprint density at radius 3 is 2.64 bits per heavy atom. The van der Waals surface area contributed by atoms with E-state index in [1.807, 2.05) is 6.92 Å². The van der Waals surface area contributed by atoms with Crippen LogP contribution >= 0.6 is 0 Å². The van der Waals surface area contributed by atoms with Gasteiger partial charge in [-0.2, -0.15) is 0 Å². The third-order valence-electron chi connectivity index (χ3n) is 2.26. The van der Waals surface area contributed by atoms with Gasteiger partial charge in [0.15, 0.2) is 0 Å². The van der Waals surface area contributed by atoms with E-state index >= 15 is 0 Å². The minimum Gasteiger partial charge on any atom is -0.508 e. The first-order valence-corrected chi connectivity index (χ1v) is 4.61. The fourth-order valence-electron chi connectivity index (χ4n) is 1.15. The molecular formula is C11H15NO2. The lowest BCUT2D eigenvalue weighted by Gasteiger charge is -2.14. The number of aryl methyl sites for hydroxylation is 1. The summed E-state index contributed by atoms with van der Waals surface area (Å²) in [5.74, 6) is 0.205. The van der Waals surface area contributed by atoms with Crippen molar-refractivity contribution in [3.63, 3.8) is 0 Å². The largest absolute Gasteiger partial charge is 0.508 e. The van der Waals surface area contributed by atoms with Gasteiger partial charge in [-0.15, -0.1) is 0 Å². The molecule has 0 spiro atoms. The second-order valence-corrected chi connectivity index (χ2v) is 3.32. The molecule has 0 atom stereocenters. The minimum absolute atomic E-state index is 0.0180. The Morgan fingerprint density at radius 1 is 1.50 bits per heavy atom. The predicted molar refractivity (Wildman–Crippen MR) is 55.5 cm³/mol. The molecule has 1 aromatic rings. The molecule has 0 fully saturated rings. The third kappa shape index (κ3) is 2.05. The van der Waals surface area contributed by atoms with Crippen molar-refractivity contribution in [1.82, 2.24) is 4.90 Å². The molecule has 0 saturated heterocycles. The number of carbonyl (C=O) groups excluding carboxylic acids is 1. The van der Waals surface area contributed by atoms with Gasteiger partial charge in [-0.05, 0) is 37.6 Å². The van der Waals surface area contributed by atoms with Crippen LogP contribution < -0.4 is 0 Å². The number of carbonyl (C=O) groups is 1. The van der Waals surface area contributed by atoms with Gasteiger partial charge < -0.3 is 10.0 Å². The summed E-state index contributed by atoms with van der Waals surface area (Å²) < 4.78 is 0. The first-order chi connectivity index (χ1) is 6.56. The minimum atomic E-state index is -0.0180. The van der Waals surface area contributed by atoms with Crippen molar-refractivity contribution in [3.8, 4) is 5.75 Å². The maximum atomic E-state index is 11.7. The zero-order chi connectivity index (χ0) is 10.7. The Bertz CT molecular complexity index is 347. The SMILES string of the molecule is CCN(C)C(=O)c1ccc(O)c(C)c1. The predicted octanol–water partition coefficient (Wildman–Crippen LogP) is 1.79. The first kappa shape index (κ1) is 10.6. The van der Waals surface area contributed by atoms with Crippen LogP contribution in [0.4, 0.5) is 0 Å². The number of aromatic hydroxyl groups is 1. The van der Waals surface area contributed by atoms with Gasteiger partial charge in [0.05, 0.1) is 0 Å². The number of amides is 1. The average Bonchev–Trinajstić information content (AvgIpc) is 2.20. The highest BCUT2D eigenvalue weighted by atomic mass is 16.3. The van der Waals surface area contributed by atoms with E-state index in [9.17, 15) is 9.90 Å². The molecule has 0 aliphatic heterocycles. The number of rotatable bonds is 2. The van der Waals surface area contributed by atoms with Crippen molar-refractivity contribution in [1.29, 1.82) is 0 Å². The van der Waals surface area contributed by atoms with Gasteiger partial charge in [0.25, 0.3) is 5.91 Å². The maximum absolute atomic E-state index is 11.7. The van der Waals surface area contributed by atoms with Crippen LogP contribution in [0.15, 0.2) is 18.2 Å². The van der Waals surface area contributed by atoms with Crippen LogP contribution in [0.5, 0.6) is 5.75 Å². The monoisotopic (exact) mass is 193 g/mol. The zero-order valence-electron chi connectivity index (χ0n) is 8.74. The van der Waals surface area contributed by atoms with E-state index in [0.29, 0.717) is 12.1 Å². The van der Waals surface area contributed by atoms with E-state index in [4.69, 9.17) is 0 Å². The zero-order valence-corrected chi connectivity index (χ0v) is 8.74. The smallest absolute Gasteiger partial charge is 0.253 e. The molecular weight excluding hydrogens is 178 g/mol. The summed E-state index contributed by atoms with van der Waals surface area (Å²) in [6, 6.07) is 4.88. The molecule has 0 aliphatic carbocycles. The van der Waals surface area contributed by atoms with Gasteiger partial charge in [-0.1, -0.05) is 0 Å². The van der Waals surface area contributed by atoms with Crippen LogP contribution in [-0.4, -0.2) is 29.5 Å². The van der Waals surface area contributed by atoms with Crippen LogP contribution in [0.2, 0.25) is 0 Å². The molecule has 1 amide bonds. The fraction of sp³-hybridized carbons (Fsp3) is 0.364. The van der Waals surface area contributed by atoms with Gasteiger partial charge in [-0.3, -0.25) is 4.79 Å². The lowest BCUT2D eigenvalue weighted by molar-refractivity contribution is 0.0802. The van der Waals surface area contributed by atoms with Gasteiger partial charge >= 0.3 is 0 Å². The fourth-order valence-corrected chi connectivity index (χ4v) is 1.15. The summed E-state index contributed by atoms with van der Waals surface area (Å²) in [5, 5.41) is 9.30. The van der Waals surface area contributed by atoms with Crippen molar-refractivity contribution in [3.05, 3.63) is 29.3 Å². The Hall–Kier alpha value is -1.51. The molecule has 0 radical (unpaired) electrons. The summed E-state index contributed by atoms with van der Waals surface area (Å²) >= 11 is 0. The Labute approximate surface area is 84.0 Å². The van der Waals surface area contributed by atoms with E-state index in [2.05, 4.69) is 0 Å². The molecule has 0 heterocycles. The second-order valence-electron chi connectivity index (χ2n) is 3.32. The molecule has 0 bridgehead atoms. The summed E-state index contributed by atoms with van der Waals surface area (Å²) in [4.78, 5) is 13.3. The molecule has 1 N–H and O–H groups in total. The second kappa shape index (κ2) is 4.13. The quantitative estimate of drug-likeness (QED) is 0.778. The number of phenolic OH excluding ortho intramolecular Hbond substituents is 1. The van der Waals surface area contributed by atoms with Crippen molar-refractivity contribution in [2.24, 2.45) is 0 Å². The lowest BCUT2D eigenvalue weighted by atomic mass is 10.1. The molecule has 14 heavy (non-hydrogen) atoms. The van der Waals surface area contributed by atoms with Crippen molar-refractivity contribution in [2.45, 2.75) is 13.8 Å². The number of nitrogens with zero attached hydrogens (tertiary/aromatic N) is 1. The molecule has 0 unspecified atom stereocenters. The standard InChI is InChI=1S/C11H15NO2/c1-4-12(3)11(14)9-5-6-10(13)8(2)7-9/h5-7,13H,4H2,1-3H3. The van der Waals surface area contributed by atoms with Gasteiger partial charge in [0, 0.05) is 19.2 Å². The van der Waals surface area contributed by atoms with Gasteiger partial charge in [0.2, 0.25) is 0 Å². The number of hydrogen-bond donors (Lipinski definition) is 1. The molecule has 0 aliphatic rings. The summed E-state index contributed by atoms with van der Waals surface area (Å²) in [7, 11) is 1.75. The van der Waals surface area contributed by atoms with Crippen LogP contribution in [0.3, 0.4) is 0 Å². The third-order valence-corrected chi connectivity index (χ3v) is 2.26. The summed E-state index contributed by atoms with van der Waals surface area (Å²) in [6.07, 6.45) is 0. The van der Waals surface area contributed by atoms with E-state index in [1.54, 1.807) is 37.1 Å². The van der Waals surface area contributed by atoms with E-state index in [1.165, 1.54) is 0 Å². The maximum Gasteiger partial charge on any atom is 0.253 e. The number of phenols is 1. The Balaban J connectivity index is 2.97. The molecule has 1 rings (SSSR count). The molecule has 76 valence electrons. The van der Waals surface area contributed by atoms with Gasteiger partial charge in [-0.25, -0.2) is 0 Å². The van der Waals surface area contributed by atoms with Crippen molar-refractivity contribution >= 4 is 5.91 Å². The highest BCUT2D eigenvalue weighted by Gasteiger charge is 2.10. The molecule has 0 aromatic heterocycles. The van der Waals surface area contributed by atoms with E-state index < -0.39 is 0 Å². The highest BCUT2D eigenvalue weighted by Crippen LogP contribution is 2.17. The first-order valence-electron chi connectivity index (χ1n) is 4.61. The van der Waals surface area contributed by atoms with Crippen LogP contribution in [0, 0.1) is 6.92 Å². The van der Waals surface area contributed by atoms with Crippen molar-refractivity contribution < 1.29 is 9.90 Å². The summed E-state index contributed by atoms with van der Waals surface area (Å²) in [5.41, 5.74) is 1.34. The molecule has 0 saturated carbocycles. The number of benzene rings is 1. The molecule has 1 aromatic carbocycles. The Morgan fingerprint density at radius 2 is 2.14 bits per heavy atom.